The SMILES string of the molecule is CCCCCC(CO)(CO)C(C)=O. The minimum Gasteiger partial charge on any atom is -0.395 e. The predicted molar refractivity (Wildman–Crippen MR) is 51.4 cm³/mol. The van der Waals surface area contributed by atoms with E-state index >= 15 is 0 Å². The Morgan fingerprint density at radius 2 is 1.77 bits per heavy atom. The van der Waals surface area contributed by atoms with E-state index in [9.17, 15) is 4.79 Å². The van der Waals surface area contributed by atoms with Crippen LogP contribution in [0.3, 0.4) is 0 Å². The first-order valence-corrected chi connectivity index (χ1v) is 4.85. The van der Waals surface area contributed by atoms with Crippen LogP contribution in [0.15, 0.2) is 0 Å². The maximum atomic E-state index is 11.2. The molecule has 0 aromatic rings. The fourth-order valence-electron chi connectivity index (χ4n) is 1.32. The van der Waals surface area contributed by atoms with Gasteiger partial charge in [-0.25, -0.2) is 0 Å². The van der Waals surface area contributed by atoms with Crippen LogP contribution in [0, 0.1) is 5.41 Å². The molecule has 2 N–H and O–H groups in total. The second-order valence-electron chi connectivity index (χ2n) is 3.61. The molecule has 0 aromatic carbocycles. The zero-order valence-corrected chi connectivity index (χ0v) is 8.55. The van der Waals surface area contributed by atoms with Crippen molar-refractivity contribution in [2.75, 3.05) is 13.2 Å². The van der Waals surface area contributed by atoms with Crippen molar-refractivity contribution in [1.29, 1.82) is 0 Å². The first-order valence-electron chi connectivity index (χ1n) is 4.85. The molecule has 0 saturated heterocycles. The van der Waals surface area contributed by atoms with Crippen LogP contribution < -0.4 is 0 Å². The molecule has 0 radical (unpaired) electrons. The van der Waals surface area contributed by atoms with Gasteiger partial charge < -0.3 is 10.2 Å². The fourth-order valence-corrected chi connectivity index (χ4v) is 1.32. The van der Waals surface area contributed by atoms with Crippen LogP contribution in [0.2, 0.25) is 0 Å². The van der Waals surface area contributed by atoms with E-state index < -0.39 is 5.41 Å². The van der Waals surface area contributed by atoms with Gasteiger partial charge in [0.25, 0.3) is 0 Å². The van der Waals surface area contributed by atoms with E-state index in [4.69, 9.17) is 10.2 Å². The summed E-state index contributed by atoms with van der Waals surface area (Å²) in [6.45, 7) is 3.01. The highest BCUT2D eigenvalue weighted by Gasteiger charge is 2.33. The standard InChI is InChI=1S/C10H20O3/c1-3-4-5-6-10(7-11,8-12)9(2)13/h11-12H,3-8H2,1-2H3. The van der Waals surface area contributed by atoms with Gasteiger partial charge in [0.05, 0.1) is 18.6 Å². The van der Waals surface area contributed by atoms with Gasteiger partial charge in [-0.3, -0.25) is 4.79 Å². The summed E-state index contributed by atoms with van der Waals surface area (Å²) in [7, 11) is 0. The smallest absolute Gasteiger partial charge is 0.140 e. The second kappa shape index (κ2) is 6.11. The fraction of sp³-hybridized carbons (Fsp3) is 0.900. The van der Waals surface area contributed by atoms with E-state index in [1.165, 1.54) is 6.92 Å². The lowest BCUT2D eigenvalue weighted by Crippen LogP contribution is -2.37. The lowest BCUT2D eigenvalue weighted by molar-refractivity contribution is -0.132. The molecule has 0 saturated carbocycles. The highest BCUT2D eigenvalue weighted by molar-refractivity contribution is 5.82. The van der Waals surface area contributed by atoms with Crippen LogP contribution in [0.5, 0.6) is 0 Å². The summed E-state index contributed by atoms with van der Waals surface area (Å²) in [5, 5.41) is 18.1. The van der Waals surface area contributed by atoms with Gasteiger partial charge in [0.15, 0.2) is 0 Å². The monoisotopic (exact) mass is 188 g/mol. The summed E-state index contributed by atoms with van der Waals surface area (Å²) in [6, 6.07) is 0. The molecule has 78 valence electrons. The van der Waals surface area contributed by atoms with Crippen LogP contribution in [0.4, 0.5) is 0 Å². The Morgan fingerprint density at radius 1 is 1.23 bits per heavy atom. The van der Waals surface area contributed by atoms with Crippen molar-refractivity contribution in [3.8, 4) is 0 Å². The number of unbranched alkanes of at least 4 members (excludes halogenated alkanes) is 2. The molecule has 0 atom stereocenters. The summed E-state index contributed by atoms with van der Waals surface area (Å²) >= 11 is 0. The maximum absolute atomic E-state index is 11.2. The quantitative estimate of drug-likeness (QED) is 0.589. The molecule has 0 aliphatic heterocycles. The molecule has 0 fully saturated rings. The van der Waals surface area contributed by atoms with Crippen LogP contribution in [-0.2, 0) is 4.79 Å². The molecule has 0 amide bonds. The van der Waals surface area contributed by atoms with E-state index in [0.29, 0.717) is 6.42 Å². The van der Waals surface area contributed by atoms with Gasteiger partial charge in [-0.15, -0.1) is 0 Å². The van der Waals surface area contributed by atoms with E-state index in [1.54, 1.807) is 0 Å². The third-order valence-electron chi connectivity index (χ3n) is 2.61. The van der Waals surface area contributed by atoms with Crippen molar-refractivity contribution in [2.45, 2.75) is 39.5 Å². The summed E-state index contributed by atoms with van der Waals surface area (Å²) in [5.41, 5.74) is -0.894. The highest BCUT2D eigenvalue weighted by atomic mass is 16.3. The molecule has 0 rings (SSSR count). The zero-order chi connectivity index (χ0) is 10.3. The van der Waals surface area contributed by atoms with E-state index in [-0.39, 0.29) is 19.0 Å². The van der Waals surface area contributed by atoms with Crippen molar-refractivity contribution in [3.63, 3.8) is 0 Å². The normalized spacial score (nSPS) is 11.7. The zero-order valence-electron chi connectivity index (χ0n) is 8.55. The van der Waals surface area contributed by atoms with Gasteiger partial charge >= 0.3 is 0 Å². The number of hydrogen-bond acceptors (Lipinski definition) is 3. The Kier molecular flexibility index (Phi) is 5.91. The number of aliphatic hydroxyl groups excluding tert-OH is 2. The molecule has 0 aliphatic rings. The number of rotatable bonds is 7. The van der Waals surface area contributed by atoms with Gasteiger partial charge in [0.1, 0.15) is 5.78 Å². The molecule has 0 spiro atoms. The molecule has 3 nitrogen and oxygen atoms in total. The van der Waals surface area contributed by atoms with Gasteiger partial charge in [0, 0.05) is 0 Å². The summed E-state index contributed by atoms with van der Waals surface area (Å²) in [5.74, 6) is -0.117. The first-order chi connectivity index (χ1) is 6.13. The minimum absolute atomic E-state index is 0.117. The summed E-state index contributed by atoms with van der Waals surface area (Å²) < 4.78 is 0. The molecular weight excluding hydrogens is 168 g/mol. The van der Waals surface area contributed by atoms with Crippen LogP contribution in [0.25, 0.3) is 0 Å². The highest BCUT2D eigenvalue weighted by Crippen LogP contribution is 2.25. The summed E-state index contributed by atoms with van der Waals surface area (Å²) in [6.07, 6.45) is 3.58. The van der Waals surface area contributed by atoms with Gasteiger partial charge in [-0.05, 0) is 13.3 Å². The molecule has 0 unspecified atom stereocenters. The van der Waals surface area contributed by atoms with Crippen molar-refractivity contribution in [3.05, 3.63) is 0 Å². The molecule has 3 heteroatoms. The Morgan fingerprint density at radius 3 is 2.08 bits per heavy atom. The Balaban J connectivity index is 4.14. The number of aliphatic hydroxyl groups is 2. The first kappa shape index (κ1) is 12.6. The molecular formula is C10H20O3. The average molecular weight is 188 g/mol. The molecule has 13 heavy (non-hydrogen) atoms. The van der Waals surface area contributed by atoms with Gasteiger partial charge in [0.2, 0.25) is 0 Å². The predicted octanol–water partition coefficient (Wildman–Crippen LogP) is 1.13. The molecule has 0 heterocycles. The number of hydrogen-bond donors (Lipinski definition) is 2. The van der Waals surface area contributed by atoms with Crippen LogP contribution >= 0.6 is 0 Å². The van der Waals surface area contributed by atoms with Crippen molar-refractivity contribution in [2.24, 2.45) is 5.41 Å². The van der Waals surface area contributed by atoms with E-state index in [2.05, 4.69) is 6.92 Å². The van der Waals surface area contributed by atoms with Crippen molar-refractivity contribution < 1.29 is 15.0 Å². The second-order valence-corrected chi connectivity index (χ2v) is 3.61. The third-order valence-corrected chi connectivity index (χ3v) is 2.61. The lowest BCUT2D eigenvalue weighted by Gasteiger charge is -2.26. The van der Waals surface area contributed by atoms with Crippen molar-refractivity contribution in [1.82, 2.24) is 0 Å². The maximum Gasteiger partial charge on any atom is 0.140 e. The van der Waals surface area contributed by atoms with Crippen molar-refractivity contribution >= 4 is 5.78 Å². The van der Waals surface area contributed by atoms with Gasteiger partial charge in [-0.2, -0.15) is 0 Å². The Labute approximate surface area is 79.8 Å². The lowest BCUT2D eigenvalue weighted by atomic mass is 9.80. The minimum atomic E-state index is -0.894. The topological polar surface area (TPSA) is 57.5 Å². The summed E-state index contributed by atoms with van der Waals surface area (Å²) in [4.78, 5) is 11.2. The molecule has 0 aliphatic carbocycles. The average Bonchev–Trinajstić information content (AvgIpc) is 2.13. The number of carbonyl (C=O) groups is 1. The van der Waals surface area contributed by atoms with E-state index in [0.717, 1.165) is 19.3 Å². The largest absolute Gasteiger partial charge is 0.395 e. The number of Topliss-reactive ketones (excluding diaryl/α,β-unsaturated/α-hetero) is 1. The molecule has 0 aromatic heterocycles. The number of carbonyl (C=O) groups excluding carboxylic acids is 1. The Bertz CT molecular complexity index is 150. The van der Waals surface area contributed by atoms with Crippen LogP contribution in [0.1, 0.15) is 39.5 Å². The molecule has 0 bridgehead atoms. The Hall–Kier alpha value is -0.410. The van der Waals surface area contributed by atoms with Gasteiger partial charge in [-0.1, -0.05) is 26.2 Å². The van der Waals surface area contributed by atoms with E-state index in [1.807, 2.05) is 0 Å². The third kappa shape index (κ3) is 3.44. The number of ketones is 1. The van der Waals surface area contributed by atoms with Crippen LogP contribution in [-0.4, -0.2) is 29.2 Å².